The van der Waals surface area contributed by atoms with E-state index in [0.717, 1.165) is 12.8 Å². The lowest BCUT2D eigenvalue weighted by Crippen LogP contribution is -2.19. The summed E-state index contributed by atoms with van der Waals surface area (Å²) in [7, 11) is 0. The summed E-state index contributed by atoms with van der Waals surface area (Å²) >= 11 is 0. The van der Waals surface area contributed by atoms with Crippen molar-refractivity contribution in [3.05, 3.63) is 58.7 Å². The van der Waals surface area contributed by atoms with Crippen LogP contribution in [0, 0.1) is 5.41 Å². The Labute approximate surface area is 146 Å². The minimum Gasteiger partial charge on any atom is -0.478 e. The number of allylic oxidation sites excluding steroid dienone is 9. The average molecular weight is 326 g/mol. The molecular weight excluding hydrogens is 296 g/mol. The smallest absolute Gasteiger partial charge is 0.328 e. The molecule has 1 N–H and O–H groups in total. The Morgan fingerprint density at radius 3 is 2.25 bits per heavy atom. The van der Waals surface area contributed by atoms with Crippen LogP contribution in [-0.4, -0.2) is 11.1 Å². The molecule has 0 saturated heterocycles. The molecule has 2 aliphatic rings. The molecule has 0 fully saturated rings. The van der Waals surface area contributed by atoms with Gasteiger partial charge in [-0.15, -0.1) is 0 Å². The van der Waals surface area contributed by atoms with Crippen LogP contribution in [0.2, 0.25) is 0 Å². The van der Waals surface area contributed by atoms with Gasteiger partial charge in [-0.2, -0.15) is 0 Å². The van der Waals surface area contributed by atoms with Gasteiger partial charge in [0.25, 0.3) is 0 Å². The largest absolute Gasteiger partial charge is 0.478 e. The lowest BCUT2D eigenvalue weighted by molar-refractivity contribution is -0.131. The Morgan fingerprint density at radius 2 is 1.62 bits per heavy atom. The highest BCUT2D eigenvalue weighted by molar-refractivity contribution is 5.80. The van der Waals surface area contributed by atoms with Crippen molar-refractivity contribution in [1.82, 2.24) is 0 Å². The van der Waals surface area contributed by atoms with Crippen LogP contribution in [0.1, 0.15) is 65.7 Å². The van der Waals surface area contributed by atoms with Gasteiger partial charge in [-0.05, 0) is 74.0 Å². The maximum atomic E-state index is 10.5. The fourth-order valence-corrected chi connectivity index (χ4v) is 3.84. The van der Waals surface area contributed by atoms with E-state index in [1.165, 1.54) is 60.5 Å². The third-order valence-electron chi connectivity index (χ3n) is 5.20. The molecule has 0 aliphatic heterocycles. The highest BCUT2D eigenvalue weighted by Crippen LogP contribution is 2.41. The van der Waals surface area contributed by atoms with E-state index in [4.69, 9.17) is 5.11 Å². The van der Waals surface area contributed by atoms with Gasteiger partial charge < -0.3 is 5.11 Å². The number of carboxylic acids is 1. The molecule has 0 aromatic rings. The average Bonchev–Trinajstić information content (AvgIpc) is 2.51. The summed E-state index contributed by atoms with van der Waals surface area (Å²) in [4.78, 5) is 10.5. The van der Waals surface area contributed by atoms with Crippen LogP contribution < -0.4 is 0 Å². The fraction of sp³-hybridized carbons (Fsp3) is 0.500. The second-order valence-corrected chi connectivity index (χ2v) is 7.58. The Bertz CT molecular complexity index is 624. The molecular formula is C22H30O2. The molecule has 24 heavy (non-hydrogen) atoms. The summed E-state index contributed by atoms with van der Waals surface area (Å²) in [5.74, 6) is -0.903. The Kier molecular flexibility index (Phi) is 6.42. The Hall–Kier alpha value is -1.83. The van der Waals surface area contributed by atoms with Crippen molar-refractivity contribution in [2.45, 2.75) is 65.7 Å². The van der Waals surface area contributed by atoms with Crippen molar-refractivity contribution in [2.24, 2.45) is 5.41 Å². The molecule has 0 aromatic heterocycles. The van der Waals surface area contributed by atoms with Gasteiger partial charge in [0.15, 0.2) is 0 Å². The van der Waals surface area contributed by atoms with Gasteiger partial charge in [-0.25, -0.2) is 4.79 Å². The van der Waals surface area contributed by atoms with Crippen molar-refractivity contribution < 1.29 is 9.90 Å². The first kappa shape index (κ1) is 18.5. The molecule has 2 heteroatoms. The zero-order chi connectivity index (χ0) is 17.6. The molecule has 0 spiro atoms. The van der Waals surface area contributed by atoms with Crippen LogP contribution in [-0.2, 0) is 4.79 Å². The summed E-state index contributed by atoms with van der Waals surface area (Å²) in [5.41, 5.74) is 6.05. The summed E-state index contributed by atoms with van der Waals surface area (Å²) in [6.45, 7) is 6.97. The molecule has 0 bridgehead atoms. The highest BCUT2D eigenvalue weighted by Gasteiger charge is 2.26. The molecule has 2 aliphatic carbocycles. The predicted molar refractivity (Wildman–Crippen MR) is 101 cm³/mol. The summed E-state index contributed by atoms with van der Waals surface area (Å²) in [5, 5.41) is 8.66. The molecule has 0 radical (unpaired) electrons. The Morgan fingerprint density at radius 1 is 0.958 bits per heavy atom. The summed E-state index contributed by atoms with van der Waals surface area (Å²) in [6, 6.07) is 0. The van der Waals surface area contributed by atoms with Crippen LogP contribution >= 0.6 is 0 Å². The van der Waals surface area contributed by atoms with Crippen LogP contribution in [0.5, 0.6) is 0 Å². The van der Waals surface area contributed by atoms with Gasteiger partial charge >= 0.3 is 5.97 Å². The van der Waals surface area contributed by atoms with Crippen molar-refractivity contribution >= 4 is 5.97 Å². The summed E-state index contributed by atoms with van der Waals surface area (Å²) in [6.07, 6.45) is 19.8. The van der Waals surface area contributed by atoms with Crippen molar-refractivity contribution in [3.8, 4) is 0 Å². The van der Waals surface area contributed by atoms with E-state index in [-0.39, 0.29) is 5.41 Å². The van der Waals surface area contributed by atoms with Gasteiger partial charge in [0.1, 0.15) is 0 Å². The zero-order valence-electron chi connectivity index (χ0n) is 15.3. The van der Waals surface area contributed by atoms with Gasteiger partial charge in [-0.3, -0.25) is 0 Å². The minimum absolute atomic E-state index is 0.272. The predicted octanol–water partition coefficient (Wildman–Crippen LogP) is 6.14. The van der Waals surface area contributed by atoms with Crippen LogP contribution in [0.25, 0.3) is 0 Å². The standard InChI is InChI=1S/C22H30O2/c1-17-9-8-16-22(2,3)20(17)15-14-19-12-5-4-10-18(19)11-6-7-13-21(23)24/h6-7,11,13-15H,4-5,8-10,12,16H2,1-3H3,(H,23,24). The number of carbonyl (C=O) groups is 1. The summed E-state index contributed by atoms with van der Waals surface area (Å²) < 4.78 is 0. The first-order valence-corrected chi connectivity index (χ1v) is 9.08. The Balaban J connectivity index is 2.22. The first-order chi connectivity index (χ1) is 11.4. The second-order valence-electron chi connectivity index (χ2n) is 7.58. The maximum absolute atomic E-state index is 10.5. The molecule has 0 unspecified atom stereocenters. The SMILES string of the molecule is CC1=C(C=CC2=C(C=CC=CC(=O)O)CCCC2)C(C)(C)CCC1. The van der Waals surface area contributed by atoms with Gasteiger partial charge in [0, 0.05) is 6.08 Å². The van der Waals surface area contributed by atoms with E-state index >= 15 is 0 Å². The van der Waals surface area contributed by atoms with E-state index in [1.54, 1.807) is 6.08 Å². The third kappa shape index (κ3) is 5.09. The zero-order valence-corrected chi connectivity index (χ0v) is 15.3. The number of hydrogen-bond acceptors (Lipinski definition) is 1. The number of carboxylic acid groups (broad SMARTS) is 1. The molecule has 2 rings (SSSR count). The number of hydrogen-bond donors (Lipinski definition) is 1. The van der Waals surface area contributed by atoms with Crippen molar-refractivity contribution in [1.29, 1.82) is 0 Å². The van der Waals surface area contributed by atoms with Gasteiger partial charge in [0.2, 0.25) is 0 Å². The topological polar surface area (TPSA) is 37.3 Å². The van der Waals surface area contributed by atoms with E-state index in [0.29, 0.717) is 0 Å². The highest BCUT2D eigenvalue weighted by atomic mass is 16.4. The molecule has 0 heterocycles. The maximum Gasteiger partial charge on any atom is 0.328 e. The molecule has 0 atom stereocenters. The quantitative estimate of drug-likeness (QED) is 0.487. The van der Waals surface area contributed by atoms with E-state index in [2.05, 4.69) is 39.0 Å². The van der Waals surface area contributed by atoms with Crippen LogP contribution in [0.15, 0.2) is 58.7 Å². The van der Waals surface area contributed by atoms with Crippen molar-refractivity contribution in [3.63, 3.8) is 0 Å². The minimum atomic E-state index is -0.903. The first-order valence-electron chi connectivity index (χ1n) is 9.08. The lowest BCUT2D eigenvalue weighted by Gasteiger charge is -2.33. The molecule has 0 saturated carbocycles. The molecule has 0 amide bonds. The fourth-order valence-electron chi connectivity index (χ4n) is 3.84. The molecule has 130 valence electrons. The third-order valence-corrected chi connectivity index (χ3v) is 5.20. The van der Waals surface area contributed by atoms with Gasteiger partial charge in [-0.1, -0.05) is 49.8 Å². The molecule has 0 aromatic carbocycles. The van der Waals surface area contributed by atoms with Crippen molar-refractivity contribution in [2.75, 3.05) is 0 Å². The van der Waals surface area contributed by atoms with Crippen LogP contribution in [0.4, 0.5) is 0 Å². The van der Waals surface area contributed by atoms with Crippen LogP contribution in [0.3, 0.4) is 0 Å². The monoisotopic (exact) mass is 326 g/mol. The van der Waals surface area contributed by atoms with E-state index in [1.807, 2.05) is 6.08 Å². The van der Waals surface area contributed by atoms with Gasteiger partial charge in [0.05, 0.1) is 0 Å². The lowest BCUT2D eigenvalue weighted by atomic mass is 9.72. The number of aliphatic carboxylic acids is 1. The van der Waals surface area contributed by atoms with E-state index in [9.17, 15) is 4.79 Å². The van der Waals surface area contributed by atoms with E-state index < -0.39 is 5.97 Å². The second kappa shape index (κ2) is 8.32. The number of rotatable bonds is 5. The normalized spacial score (nSPS) is 22.3. The molecule has 2 nitrogen and oxygen atoms in total.